The highest BCUT2D eigenvalue weighted by Crippen LogP contribution is 2.08. The SMILES string of the molecule is CCCCCc1nc(N)nc(NCc2cccnc2)n1. The molecule has 0 aliphatic carbocycles. The molecule has 0 aliphatic heterocycles. The Labute approximate surface area is 118 Å². The van der Waals surface area contributed by atoms with Gasteiger partial charge in [-0.05, 0) is 18.1 Å². The van der Waals surface area contributed by atoms with Crippen molar-refractivity contribution in [1.82, 2.24) is 19.9 Å². The summed E-state index contributed by atoms with van der Waals surface area (Å²) < 4.78 is 0. The van der Waals surface area contributed by atoms with Crippen LogP contribution in [0.5, 0.6) is 0 Å². The van der Waals surface area contributed by atoms with Crippen molar-refractivity contribution in [2.24, 2.45) is 0 Å². The van der Waals surface area contributed by atoms with Gasteiger partial charge in [-0.1, -0.05) is 25.8 Å². The summed E-state index contributed by atoms with van der Waals surface area (Å²) in [6, 6.07) is 3.89. The number of aryl methyl sites for hydroxylation is 1. The fourth-order valence-corrected chi connectivity index (χ4v) is 1.85. The Balaban J connectivity index is 1.97. The Morgan fingerprint density at radius 1 is 1.20 bits per heavy atom. The van der Waals surface area contributed by atoms with Crippen LogP contribution in [0.2, 0.25) is 0 Å². The van der Waals surface area contributed by atoms with E-state index in [1.165, 1.54) is 12.8 Å². The molecule has 0 aromatic carbocycles. The Bertz CT molecular complexity index is 528. The molecule has 0 atom stereocenters. The minimum atomic E-state index is 0.264. The van der Waals surface area contributed by atoms with Crippen molar-refractivity contribution in [3.8, 4) is 0 Å². The van der Waals surface area contributed by atoms with E-state index in [2.05, 4.69) is 32.2 Å². The first-order valence-electron chi connectivity index (χ1n) is 6.91. The first-order valence-corrected chi connectivity index (χ1v) is 6.91. The number of aromatic nitrogens is 4. The highest BCUT2D eigenvalue weighted by atomic mass is 15.2. The summed E-state index contributed by atoms with van der Waals surface area (Å²) in [5, 5.41) is 3.15. The van der Waals surface area contributed by atoms with E-state index in [1.807, 2.05) is 12.1 Å². The number of pyridine rings is 1. The highest BCUT2D eigenvalue weighted by molar-refractivity contribution is 5.32. The molecule has 20 heavy (non-hydrogen) atoms. The van der Waals surface area contributed by atoms with Crippen molar-refractivity contribution in [2.45, 2.75) is 39.2 Å². The van der Waals surface area contributed by atoms with Gasteiger partial charge in [-0.2, -0.15) is 15.0 Å². The number of nitrogens with zero attached hydrogens (tertiary/aromatic N) is 4. The molecule has 6 nitrogen and oxygen atoms in total. The van der Waals surface area contributed by atoms with Crippen LogP contribution in [0.4, 0.5) is 11.9 Å². The molecular formula is C14H20N6. The molecule has 2 aromatic rings. The number of nitrogens with two attached hydrogens (primary N) is 1. The molecule has 2 rings (SSSR count). The topological polar surface area (TPSA) is 89.6 Å². The molecule has 6 heteroatoms. The summed E-state index contributed by atoms with van der Waals surface area (Å²) in [7, 11) is 0. The van der Waals surface area contributed by atoms with Gasteiger partial charge in [0, 0.05) is 25.4 Å². The van der Waals surface area contributed by atoms with E-state index in [0.29, 0.717) is 12.5 Å². The van der Waals surface area contributed by atoms with E-state index >= 15 is 0 Å². The van der Waals surface area contributed by atoms with E-state index in [4.69, 9.17) is 5.73 Å². The zero-order valence-electron chi connectivity index (χ0n) is 11.7. The Morgan fingerprint density at radius 3 is 2.85 bits per heavy atom. The third-order valence-corrected chi connectivity index (χ3v) is 2.88. The van der Waals surface area contributed by atoms with Crippen molar-refractivity contribution in [3.05, 3.63) is 35.9 Å². The lowest BCUT2D eigenvalue weighted by atomic mass is 10.2. The Hall–Kier alpha value is -2.24. The highest BCUT2D eigenvalue weighted by Gasteiger charge is 2.04. The summed E-state index contributed by atoms with van der Waals surface area (Å²) in [6.45, 7) is 2.79. The lowest BCUT2D eigenvalue weighted by molar-refractivity contribution is 0.691. The van der Waals surface area contributed by atoms with Gasteiger partial charge < -0.3 is 11.1 Å². The van der Waals surface area contributed by atoms with Crippen LogP contribution >= 0.6 is 0 Å². The van der Waals surface area contributed by atoms with Gasteiger partial charge in [0.2, 0.25) is 11.9 Å². The molecule has 0 spiro atoms. The number of rotatable bonds is 7. The number of anilines is 2. The van der Waals surface area contributed by atoms with Crippen LogP contribution in [-0.2, 0) is 13.0 Å². The zero-order chi connectivity index (χ0) is 14.2. The molecule has 106 valence electrons. The van der Waals surface area contributed by atoms with Crippen LogP contribution in [0.15, 0.2) is 24.5 Å². The molecule has 0 aliphatic rings. The summed E-state index contributed by atoms with van der Waals surface area (Å²) >= 11 is 0. The second-order valence-electron chi connectivity index (χ2n) is 4.61. The average Bonchev–Trinajstić information content (AvgIpc) is 2.46. The zero-order valence-corrected chi connectivity index (χ0v) is 11.7. The first-order chi connectivity index (χ1) is 9.78. The normalized spacial score (nSPS) is 10.4. The van der Waals surface area contributed by atoms with E-state index < -0.39 is 0 Å². The second-order valence-corrected chi connectivity index (χ2v) is 4.61. The first kappa shape index (κ1) is 14.2. The molecule has 2 heterocycles. The van der Waals surface area contributed by atoms with E-state index in [-0.39, 0.29) is 5.95 Å². The van der Waals surface area contributed by atoms with E-state index in [9.17, 15) is 0 Å². The smallest absolute Gasteiger partial charge is 0.228 e. The van der Waals surface area contributed by atoms with E-state index in [1.54, 1.807) is 12.4 Å². The molecular weight excluding hydrogens is 252 g/mol. The summed E-state index contributed by atoms with van der Waals surface area (Å²) in [6.07, 6.45) is 7.80. The molecule has 0 fully saturated rings. The van der Waals surface area contributed by atoms with Crippen LogP contribution < -0.4 is 11.1 Å². The van der Waals surface area contributed by atoms with Gasteiger partial charge in [0.15, 0.2) is 0 Å². The van der Waals surface area contributed by atoms with Gasteiger partial charge >= 0.3 is 0 Å². The minimum Gasteiger partial charge on any atom is -0.368 e. The second kappa shape index (κ2) is 7.37. The molecule has 2 aromatic heterocycles. The fourth-order valence-electron chi connectivity index (χ4n) is 1.85. The number of hydrogen-bond acceptors (Lipinski definition) is 6. The van der Waals surface area contributed by atoms with Gasteiger partial charge in [-0.25, -0.2) is 0 Å². The maximum absolute atomic E-state index is 5.72. The predicted molar refractivity (Wildman–Crippen MR) is 79.0 cm³/mol. The van der Waals surface area contributed by atoms with Gasteiger partial charge in [0.1, 0.15) is 5.82 Å². The minimum absolute atomic E-state index is 0.264. The van der Waals surface area contributed by atoms with Crippen LogP contribution in [0.1, 0.15) is 37.6 Å². The van der Waals surface area contributed by atoms with Gasteiger partial charge in [-0.15, -0.1) is 0 Å². The lowest BCUT2D eigenvalue weighted by Gasteiger charge is -2.07. The Kier molecular flexibility index (Phi) is 5.23. The average molecular weight is 272 g/mol. The Morgan fingerprint density at radius 2 is 2.10 bits per heavy atom. The molecule has 0 unspecified atom stereocenters. The quantitative estimate of drug-likeness (QED) is 0.751. The van der Waals surface area contributed by atoms with Crippen LogP contribution in [0.25, 0.3) is 0 Å². The summed E-state index contributed by atoms with van der Waals surface area (Å²) in [5.41, 5.74) is 6.79. The number of unbranched alkanes of at least 4 members (excludes halogenated alkanes) is 2. The van der Waals surface area contributed by atoms with Crippen molar-refractivity contribution in [2.75, 3.05) is 11.1 Å². The molecule has 0 bridgehead atoms. The van der Waals surface area contributed by atoms with Crippen LogP contribution in [-0.4, -0.2) is 19.9 Å². The van der Waals surface area contributed by atoms with Crippen LogP contribution in [0, 0.1) is 0 Å². The molecule has 0 amide bonds. The number of nitrogens with one attached hydrogen (secondary N) is 1. The molecule has 0 radical (unpaired) electrons. The molecule has 3 N–H and O–H groups in total. The van der Waals surface area contributed by atoms with Crippen molar-refractivity contribution in [1.29, 1.82) is 0 Å². The summed E-state index contributed by atoms with van der Waals surface area (Å²) in [4.78, 5) is 16.7. The van der Waals surface area contributed by atoms with Crippen LogP contribution in [0.3, 0.4) is 0 Å². The molecule has 0 saturated heterocycles. The number of hydrogen-bond donors (Lipinski definition) is 2. The van der Waals surface area contributed by atoms with Crippen molar-refractivity contribution >= 4 is 11.9 Å². The monoisotopic (exact) mass is 272 g/mol. The largest absolute Gasteiger partial charge is 0.368 e. The standard InChI is InChI=1S/C14H20N6/c1-2-3-4-7-12-18-13(15)20-14(19-12)17-10-11-6-5-8-16-9-11/h5-6,8-9H,2-4,7,10H2,1H3,(H3,15,17,18,19,20). The van der Waals surface area contributed by atoms with Crippen molar-refractivity contribution < 1.29 is 0 Å². The molecule has 0 saturated carbocycles. The third kappa shape index (κ3) is 4.46. The third-order valence-electron chi connectivity index (χ3n) is 2.88. The van der Waals surface area contributed by atoms with Gasteiger partial charge in [0.25, 0.3) is 0 Å². The van der Waals surface area contributed by atoms with Gasteiger partial charge in [-0.3, -0.25) is 4.98 Å². The predicted octanol–water partition coefficient (Wildman–Crippen LogP) is 2.19. The van der Waals surface area contributed by atoms with E-state index in [0.717, 1.165) is 24.2 Å². The van der Waals surface area contributed by atoms with Crippen molar-refractivity contribution in [3.63, 3.8) is 0 Å². The maximum Gasteiger partial charge on any atom is 0.228 e. The summed E-state index contributed by atoms with van der Waals surface area (Å²) in [5.74, 6) is 1.53. The lowest BCUT2D eigenvalue weighted by Crippen LogP contribution is -2.10. The maximum atomic E-state index is 5.72. The van der Waals surface area contributed by atoms with Gasteiger partial charge in [0.05, 0.1) is 0 Å². The number of nitrogen functional groups attached to an aromatic ring is 1. The fraction of sp³-hybridized carbons (Fsp3) is 0.429.